The van der Waals surface area contributed by atoms with Gasteiger partial charge in [0.2, 0.25) is 0 Å². The molecule has 652 valence electrons. The zero-order valence-electron chi connectivity index (χ0n) is 67.3. The molecule has 5 saturated carbocycles. The first-order chi connectivity index (χ1) is 59.8. The van der Waals surface area contributed by atoms with Gasteiger partial charge >= 0.3 is 24.7 Å². The van der Waals surface area contributed by atoms with E-state index in [9.17, 15) is 77.0 Å². The maximum atomic E-state index is 14.0. The quantitative estimate of drug-likeness (QED) is 0.122. The molecule has 27 rings (SSSR count). The van der Waals surface area contributed by atoms with Gasteiger partial charge in [-0.3, -0.25) is 43.8 Å². The van der Waals surface area contributed by atoms with Crippen LogP contribution in [0, 0.1) is 56.7 Å². The van der Waals surface area contributed by atoms with Gasteiger partial charge in [-0.05, 0) is 265 Å². The molecule has 5 aromatic heterocycles. The molecule has 0 aliphatic heterocycles. The lowest BCUT2D eigenvalue weighted by Crippen LogP contribution is -2.37. The fourth-order valence-electron chi connectivity index (χ4n) is 26.5. The van der Waals surface area contributed by atoms with E-state index in [0.717, 1.165) is 116 Å². The molecule has 0 amide bonds. The molecule has 15 aliphatic carbocycles. The maximum absolute atomic E-state index is 14.0. The zero-order valence-corrected chi connectivity index (χ0v) is 67.3. The Morgan fingerprint density at radius 2 is 0.717 bits per heavy atom. The first-order valence-corrected chi connectivity index (χ1v) is 43.1. The molecule has 0 saturated heterocycles. The molecule has 0 radical (unpaired) electrons. The number of rotatable bonds is 4. The fraction of sp³-hybridized carbons (Fsp3) is 0.390. The van der Waals surface area contributed by atoms with Crippen molar-refractivity contribution in [2.45, 2.75) is 187 Å². The Labute approximate surface area is 720 Å². The maximum Gasteiger partial charge on any atom is 0.420 e. The summed E-state index contributed by atoms with van der Waals surface area (Å²) in [7, 11) is 0. The number of carbonyl (C=O) groups is 4. The van der Waals surface area contributed by atoms with Gasteiger partial charge in [0.05, 0.1) is 70.9 Å². The zero-order chi connectivity index (χ0) is 85.9. The Morgan fingerprint density at radius 1 is 0.378 bits per heavy atom. The average molecular weight is 1740 g/mol. The molecular weight excluding hydrogens is 1650 g/mol. The van der Waals surface area contributed by atoms with Crippen LogP contribution >= 0.6 is 0 Å². The van der Waals surface area contributed by atoms with Crippen LogP contribution in [0.5, 0.6) is 0 Å². The fourth-order valence-corrected chi connectivity index (χ4v) is 26.5. The molecule has 4 N–H and O–H groups in total. The second-order valence-electron chi connectivity index (χ2n) is 38.0. The van der Waals surface area contributed by atoms with Crippen molar-refractivity contribution in [1.82, 2.24) is 50.2 Å². The van der Waals surface area contributed by atoms with Crippen LogP contribution in [0.25, 0.3) is 82.4 Å². The van der Waals surface area contributed by atoms with Crippen molar-refractivity contribution in [2.24, 2.45) is 56.7 Å². The topological polar surface area (TPSA) is 210 Å². The number of aliphatic hydroxyl groups is 1. The van der Waals surface area contributed by atoms with Crippen molar-refractivity contribution in [3.05, 3.63) is 247 Å². The number of hydrogen-bond donors (Lipinski definition) is 4. The highest BCUT2D eigenvalue weighted by molar-refractivity contribution is 6.14. The third kappa shape index (κ3) is 12.4. The van der Waals surface area contributed by atoms with Crippen LogP contribution in [-0.2, 0) is 64.4 Å². The van der Waals surface area contributed by atoms with Gasteiger partial charge in [-0.15, -0.1) is 0 Å². The number of alkyl halides is 12. The predicted molar refractivity (Wildman–Crippen MR) is 456 cm³/mol. The van der Waals surface area contributed by atoms with Crippen LogP contribution in [-0.4, -0.2) is 109 Å². The van der Waals surface area contributed by atoms with Gasteiger partial charge in [0, 0.05) is 90.1 Å². The van der Waals surface area contributed by atoms with E-state index >= 15 is 0 Å². The van der Waals surface area contributed by atoms with Crippen LogP contribution in [0.3, 0.4) is 0 Å². The van der Waals surface area contributed by atoms with Gasteiger partial charge in [-0.25, -0.2) is 0 Å². The molecule has 27 heteroatoms. The molecule has 15 aliphatic rings. The molecule has 127 heavy (non-hydrogen) atoms. The molecule has 5 spiro atoms. The minimum absolute atomic E-state index is 0. The molecule has 5 fully saturated rings. The number of aliphatic hydroxyl groups excluding tert-OH is 1. The monoisotopic (exact) mass is 1740 g/mol. The summed E-state index contributed by atoms with van der Waals surface area (Å²) in [6, 6.07) is 38.8. The lowest BCUT2D eigenvalue weighted by molar-refractivity contribution is -0.134. The molecule has 10 bridgehead atoms. The van der Waals surface area contributed by atoms with Crippen LogP contribution in [0.15, 0.2) is 181 Å². The van der Waals surface area contributed by atoms with Crippen molar-refractivity contribution < 1.29 is 77.0 Å². The Balaban J connectivity index is 0.0000000967. The van der Waals surface area contributed by atoms with E-state index < -0.39 is 110 Å². The lowest BCUT2D eigenvalue weighted by atomic mass is 9.70. The van der Waals surface area contributed by atoms with Crippen molar-refractivity contribution in [1.29, 1.82) is 0 Å². The van der Waals surface area contributed by atoms with Gasteiger partial charge in [-0.1, -0.05) is 106 Å². The number of aromatic nitrogens is 10. The summed E-state index contributed by atoms with van der Waals surface area (Å²) in [5.74, 6) is -3.21. The number of benzene rings is 7. The Hall–Kier alpha value is -11.6. The number of halogens is 12. The van der Waals surface area contributed by atoms with Gasteiger partial charge in [-0.2, -0.15) is 78.2 Å². The molecule has 7 aromatic carbocycles. The number of Topliss-reactive ketones (excluding diaryl/α,β-unsaturated/α-hetero) is 3. The van der Waals surface area contributed by atoms with E-state index in [0.29, 0.717) is 136 Å². The second-order valence-corrected chi connectivity index (χ2v) is 38.0. The lowest BCUT2D eigenvalue weighted by Gasteiger charge is -2.36. The highest BCUT2D eigenvalue weighted by Crippen LogP contribution is 2.70. The van der Waals surface area contributed by atoms with Gasteiger partial charge in [0.1, 0.15) is 16.7 Å². The number of carbonyl (C=O) groups excluding carboxylic acids is 4. The predicted octanol–water partition coefficient (Wildman–Crippen LogP) is 22.2. The molecular formula is C100H88F12N10O5. The molecule has 5 heterocycles. The van der Waals surface area contributed by atoms with E-state index in [1.807, 2.05) is 53.4 Å². The number of H-pyrrole nitrogens is 3. The summed E-state index contributed by atoms with van der Waals surface area (Å²) in [5.41, 5.74) is 12.8. The van der Waals surface area contributed by atoms with Crippen LogP contribution in [0.2, 0.25) is 0 Å². The van der Waals surface area contributed by atoms with Crippen LogP contribution in [0.4, 0.5) is 52.7 Å². The number of nitrogens with one attached hydrogen (secondary N) is 3. The highest BCUT2D eigenvalue weighted by Gasteiger charge is 2.65. The summed E-state index contributed by atoms with van der Waals surface area (Å²) in [4.78, 5) is 49.8. The number of fused-ring (bicyclic) bond motifs is 25. The Bertz CT molecular complexity index is 6760. The van der Waals surface area contributed by atoms with E-state index in [4.69, 9.17) is 5.10 Å². The summed E-state index contributed by atoms with van der Waals surface area (Å²) < 4.78 is 169. The first-order valence-electron chi connectivity index (χ1n) is 43.1. The van der Waals surface area contributed by atoms with Crippen molar-refractivity contribution in [3.63, 3.8) is 0 Å². The number of hydrogen-bond acceptors (Lipinski definition) is 10. The van der Waals surface area contributed by atoms with Crippen molar-refractivity contribution >= 4 is 106 Å². The molecule has 6 unspecified atom stereocenters. The van der Waals surface area contributed by atoms with E-state index in [-0.39, 0.29) is 48.8 Å². The summed E-state index contributed by atoms with van der Waals surface area (Å²) in [6.45, 7) is 1.39. The summed E-state index contributed by atoms with van der Waals surface area (Å²) in [5, 5.41) is 45.3. The third-order valence-corrected chi connectivity index (χ3v) is 31.5. The van der Waals surface area contributed by atoms with Crippen molar-refractivity contribution in [2.75, 3.05) is 0 Å². The number of allylic oxidation sites excluding steroid dienone is 9. The van der Waals surface area contributed by atoms with Crippen molar-refractivity contribution in [3.8, 4) is 0 Å². The van der Waals surface area contributed by atoms with Gasteiger partial charge < -0.3 is 5.11 Å². The number of ketones is 4. The third-order valence-electron chi connectivity index (χ3n) is 31.5. The van der Waals surface area contributed by atoms with E-state index in [2.05, 4.69) is 83.0 Å². The SMILES string of the molecule is C.C.O=C1C(C(F)(F)F)=C2c3ccc4[nH]ncc4c3CC23CCC1C3.O=C1C(C(F)(F)F)=C2c3ccc4[nH]ncc4c3C[C@@]23CC[C@@H]1C3.O=C1C(C(F)(F)F)=C2c3ccc4nn(Cc5ccccc5)cc4c3CC23CCC1C3.O=C1C=C2c3ccc4nn(Cc5ccccc5)cc4c3CC23CCC1C3.O[C@H]1C(C(F)(F)F)=C2c3ccc4[nH]ncc4c3C[C@@]23CC[C@@H]1C3. The van der Waals surface area contributed by atoms with E-state index in [1.165, 1.54) is 27.6 Å². The molecule has 12 aromatic rings. The smallest absolute Gasteiger partial charge is 0.388 e. The minimum Gasteiger partial charge on any atom is -0.388 e. The van der Waals surface area contributed by atoms with Crippen LogP contribution < -0.4 is 0 Å². The summed E-state index contributed by atoms with van der Waals surface area (Å²) in [6.07, 6.45) is 5.44. The van der Waals surface area contributed by atoms with E-state index in [1.54, 1.807) is 67.1 Å². The number of aromatic amines is 3. The Kier molecular flexibility index (Phi) is 18.4. The highest BCUT2D eigenvalue weighted by atomic mass is 19.4. The Morgan fingerprint density at radius 3 is 1.13 bits per heavy atom. The molecule has 15 nitrogen and oxygen atoms in total. The first kappa shape index (κ1) is 82.4. The van der Waals surface area contributed by atoms with Gasteiger partial charge in [0.25, 0.3) is 0 Å². The summed E-state index contributed by atoms with van der Waals surface area (Å²) >= 11 is 0. The normalized spacial score (nSPS) is 27.8. The van der Waals surface area contributed by atoms with Crippen LogP contribution in [0.1, 0.15) is 178 Å². The molecule has 11 atom stereocenters. The standard InChI is InChI=1S/C24H19F3N2O.C23H20N2O.C17H15F3N2O.2C17H13F3N2O.2CH4/c25-24(26,27)21-20-16-6-7-19-18(13-29(28-19)12-14-4-2-1-3-5-14)17(16)11-23(20)9-8-15(10-23)22(21)30;26-22-10-20-17-6-7-21-19(18(17)12-23(20)9-8-16(22)11-23)14-25(24-21)13-15-4-2-1-3-5-15;3*18-17(19,20)14-13-9-1-2-12-11(7-21-22-12)10(9)6-16(13)4-3-8(5-16)15(14)23;;/h1-7,13,15H,8-12H2;1-7,10,14,16H,8-9,11-13H2;1-2,7-8,15,23H,3-6H2,(H,21,22);2*1-2,7-8H,3-6H2,(H,21,22);2*1H4/t;;8-,15-,16+;8-,16+;;;/m..11.../s1. The second kappa shape index (κ2) is 28.4. The van der Waals surface area contributed by atoms with Gasteiger partial charge in [0.15, 0.2) is 23.1 Å². The average Bonchev–Trinajstić information content (AvgIpc) is 1.54. The largest absolute Gasteiger partial charge is 0.420 e. The minimum atomic E-state index is -4.62. The number of nitrogens with zero attached hydrogens (tertiary/aromatic N) is 7.